The molecule has 0 atom stereocenters. The van der Waals surface area contributed by atoms with Crippen LogP contribution < -0.4 is 11.1 Å². The fourth-order valence-corrected chi connectivity index (χ4v) is 1.23. The molecular formula is C8H8Cl2N2O. The van der Waals surface area contributed by atoms with Crippen LogP contribution in [0.3, 0.4) is 0 Å². The molecule has 0 heterocycles. The van der Waals surface area contributed by atoms with E-state index in [4.69, 9.17) is 28.9 Å². The molecule has 0 spiro atoms. The van der Waals surface area contributed by atoms with Gasteiger partial charge >= 0.3 is 0 Å². The van der Waals surface area contributed by atoms with Crippen molar-refractivity contribution in [2.45, 2.75) is 0 Å². The number of carbonyl (C=O) groups excluding carboxylic acids is 1. The molecule has 1 aromatic carbocycles. The molecule has 3 nitrogen and oxygen atoms in total. The average Bonchev–Trinajstić information content (AvgIpc) is 2.10. The number of amides is 1. The third-order valence-electron chi connectivity index (χ3n) is 1.56. The number of halogens is 2. The topological polar surface area (TPSA) is 55.1 Å². The van der Waals surface area contributed by atoms with Gasteiger partial charge in [0.25, 0.3) is 5.91 Å². The third kappa shape index (κ3) is 2.05. The van der Waals surface area contributed by atoms with Gasteiger partial charge in [-0.25, -0.2) is 0 Å². The summed E-state index contributed by atoms with van der Waals surface area (Å²) in [6.07, 6.45) is 0. The van der Waals surface area contributed by atoms with Gasteiger partial charge in [-0.05, 0) is 12.1 Å². The van der Waals surface area contributed by atoms with E-state index in [-0.39, 0.29) is 5.91 Å². The number of hydrogen-bond acceptors (Lipinski definition) is 2. The Kier molecular flexibility index (Phi) is 3.01. The second-order valence-corrected chi connectivity index (χ2v) is 3.25. The van der Waals surface area contributed by atoms with E-state index in [0.717, 1.165) is 0 Å². The van der Waals surface area contributed by atoms with Crippen molar-refractivity contribution < 1.29 is 4.79 Å². The maximum absolute atomic E-state index is 11.2. The number of hydrogen-bond donors (Lipinski definition) is 2. The lowest BCUT2D eigenvalue weighted by atomic mass is 10.1. The molecule has 1 amide bonds. The van der Waals surface area contributed by atoms with Gasteiger partial charge in [-0.15, -0.1) is 0 Å². The van der Waals surface area contributed by atoms with Crippen LogP contribution in [0.25, 0.3) is 0 Å². The first-order valence-corrected chi connectivity index (χ1v) is 4.28. The Morgan fingerprint density at radius 3 is 2.46 bits per heavy atom. The van der Waals surface area contributed by atoms with E-state index in [0.29, 0.717) is 21.3 Å². The quantitative estimate of drug-likeness (QED) is 0.709. The Bertz CT molecular complexity index is 352. The molecule has 0 aromatic heterocycles. The summed E-state index contributed by atoms with van der Waals surface area (Å²) < 4.78 is 0. The first kappa shape index (κ1) is 10.2. The molecule has 13 heavy (non-hydrogen) atoms. The molecule has 0 aliphatic rings. The minimum atomic E-state index is -0.281. The van der Waals surface area contributed by atoms with Gasteiger partial charge in [-0.1, -0.05) is 23.2 Å². The van der Waals surface area contributed by atoms with Crippen molar-refractivity contribution in [3.05, 3.63) is 27.7 Å². The summed E-state index contributed by atoms with van der Waals surface area (Å²) in [7, 11) is 1.52. The smallest absolute Gasteiger partial charge is 0.253 e. The lowest BCUT2D eigenvalue weighted by molar-refractivity contribution is 0.0964. The van der Waals surface area contributed by atoms with E-state index in [1.807, 2.05) is 0 Å². The number of anilines is 1. The zero-order chi connectivity index (χ0) is 10.0. The highest BCUT2D eigenvalue weighted by atomic mass is 35.5. The molecule has 0 bridgehead atoms. The molecule has 0 unspecified atom stereocenters. The van der Waals surface area contributed by atoms with Gasteiger partial charge in [-0.2, -0.15) is 0 Å². The van der Waals surface area contributed by atoms with E-state index in [2.05, 4.69) is 5.32 Å². The first-order chi connectivity index (χ1) is 6.06. The van der Waals surface area contributed by atoms with Crippen molar-refractivity contribution in [3.63, 3.8) is 0 Å². The molecule has 1 aromatic rings. The summed E-state index contributed by atoms with van der Waals surface area (Å²) in [6, 6.07) is 2.90. The molecule has 3 N–H and O–H groups in total. The zero-order valence-electron chi connectivity index (χ0n) is 6.90. The van der Waals surface area contributed by atoms with Crippen LogP contribution in [0.15, 0.2) is 12.1 Å². The maximum Gasteiger partial charge on any atom is 0.253 e. The summed E-state index contributed by atoms with van der Waals surface area (Å²) in [5.74, 6) is -0.281. The van der Waals surface area contributed by atoms with Crippen LogP contribution >= 0.6 is 23.2 Å². The van der Waals surface area contributed by atoms with Gasteiger partial charge in [0, 0.05) is 12.7 Å². The van der Waals surface area contributed by atoms with Crippen LogP contribution in [-0.4, -0.2) is 13.0 Å². The number of rotatable bonds is 1. The van der Waals surface area contributed by atoms with Gasteiger partial charge in [-0.3, -0.25) is 4.79 Å². The highest BCUT2D eigenvalue weighted by Crippen LogP contribution is 2.27. The summed E-state index contributed by atoms with van der Waals surface area (Å²) >= 11 is 11.4. The normalized spacial score (nSPS) is 9.77. The molecule has 70 valence electrons. The molecule has 0 aliphatic carbocycles. The second-order valence-electron chi connectivity index (χ2n) is 2.43. The van der Waals surface area contributed by atoms with Crippen LogP contribution in [0.2, 0.25) is 10.0 Å². The van der Waals surface area contributed by atoms with Gasteiger partial charge in [0.1, 0.15) is 0 Å². The van der Waals surface area contributed by atoms with Crippen molar-refractivity contribution in [1.82, 2.24) is 5.32 Å². The van der Waals surface area contributed by atoms with Crippen molar-refractivity contribution >= 4 is 34.8 Å². The van der Waals surface area contributed by atoms with E-state index < -0.39 is 0 Å². The van der Waals surface area contributed by atoms with E-state index in [1.165, 1.54) is 19.2 Å². The highest BCUT2D eigenvalue weighted by Gasteiger charge is 2.10. The van der Waals surface area contributed by atoms with E-state index >= 15 is 0 Å². The molecule has 5 heteroatoms. The lowest BCUT2D eigenvalue weighted by Crippen LogP contribution is -2.19. The molecule has 1 rings (SSSR count). The SMILES string of the molecule is CNC(=O)c1cc(Cl)c(Cl)cc1N. The Labute approximate surface area is 85.8 Å². The van der Waals surface area contributed by atoms with E-state index in [9.17, 15) is 4.79 Å². The molecule has 0 fully saturated rings. The van der Waals surface area contributed by atoms with Crippen molar-refractivity contribution in [1.29, 1.82) is 0 Å². The van der Waals surface area contributed by atoms with Crippen LogP contribution in [0.4, 0.5) is 5.69 Å². The first-order valence-electron chi connectivity index (χ1n) is 3.53. The molecule has 0 radical (unpaired) electrons. The summed E-state index contributed by atoms with van der Waals surface area (Å²) in [6.45, 7) is 0. The van der Waals surface area contributed by atoms with Crippen LogP contribution in [0.5, 0.6) is 0 Å². The van der Waals surface area contributed by atoms with Crippen molar-refractivity contribution in [2.24, 2.45) is 0 Å². The number of benzene rings is 1. The third-order valence-corrected chi connectivity index (χ3v) is 2.29. The highest BCUT2D eigenvalue weighted by molar-refractivity contribution is 6.42. The van der Waals surface area contributed by atoms with Gasteiger partial charge in [0.2, 0.25) is 0 Å². The maximum atomic E-state index is 11.2. The largest absolute Gasteiger partial charge is 0.398 e. The zero-order valence-corrected chi connectivity index (χ0v) is 8.41. The summed E-state index contributed by atoms with van der Waals surface area (Å²) in [5, 5.41) is 3.10. The Morgan fingerprint density at radius 2 is 1.92 bits per heavy atom. The lowest BCUT2D eigenvalue weighted by Gasteiger charge is -2.05. The minimum absolute atomic E-state index is 0.281. The molecular weight excluding hydrogens is 211 g/mol. The standard InChI is InChI=1S/C8H8Cl2N2O/c1-12-8(13)4-2-5(9)6(10)3-7(4)11/h2-3H,11H2,1H3,(H,12,13). The van der Waals surface area contributed by atoms with Crippen molar-refractivity contribution in [3.8, 4) is 0 Å². The van der Waals surface area contributed by atoms with Gasteiger partial charge in [0.15, 0.2) is 0 Å². The predicted molar refractivity (Wildman–Crippen MR) is 54.3 cm³/mol. The predicted octanol–water partition coefficient (Wildman–Crippen LogP) is 1.94. The number of nitrogens with one attached hydrogen (secondary N) is 1. The summed E-state index contributed by atoms with van der Waals surface area (Å²) in [4.78, 5) is 11.2. The molecule has 0 aliphatic heterocycles. The fourth-order valence-electron chi connectivity index (χ4n) is 0.894. The van der Waals surface area contributed by atoms with Gasteiger partial charge in [0.05, 0.1) is 15.6 Å². The Hall–Kier alpha value is -0.930. The number of carbonyl (C=O) groups is 1. The van der Waals surface area contributed by atoms with E-state index in [1.54, 1.807) is 0 Å². The van der Waals surface area contributed by atoms with Crippen LogP contribution in [-0.2, 0) is 0 Å². The van der Waals surface area contributed by atoms with Gasteiger partial charge < -0.3 is 11.1 Å². The summed E-state index contributed by atoms with van der Waals surface area (Å²) in [5.41, 5.74) is 6.21. The average molecular weight is 219 g/mol. The number of nitrogen functional groups attached to an aromatic ring is 1. The second kappa shape index (κ2) is 3.85. The molecule has 0 saturated heterocycles. The Morgan fingerprint density at radius 1 is 1.38 bits per heavy atom. The van der Waals surface area contributed by atoms with Crippen LogP contribution in [0, 0.1) is 0 Å². The van der Waals surface area contributed by atoms with Crippen LogP contribution in [0.1, 0.15) is 10.4 Å². The fraction of sp³-hybridized carbons (Fsp3) is 0.125. The monoisotopic (exact) mass is 218 g/mol. The Balaban J connectivity index is 3.23. The van der Waals surface area contributed by atoms with Crippen molar-refractivity contribution in [2.75, 3.05) is 12.8 Å². The molecule has 0 saturated carbocycles. The number of nitrogens with two attached hydrogens (primary N) is 1. The minimum Gasteiger partial charge on any atom is -0.398 e.